The van der Waals surface area contributed by atoms with Gasteiger partial charge in [0.25, 0.3) is 0 Å². The maximum Gasteiger partial charge on any atom is 0.243 e. The van der Waals surface area contributed by atoms with Gasteiger partial charge in [0.2, 0.25) is 10.0 Å². The molecule has 25 heavy (non-hydrogen) atoms. The van der Waals surface area contributed by atoms with Crippen molar-refractivity contribution in [1.29, 1.82) is 0 Å². The lowest BCUT2D eigenvalue weighted by Crippen LogP contribution is -2.42. The highest BCUT2D eigenvalue weighted by Crippen LogP contribution is 2.31. The summed E-state index contributed by atoms with van der Waals surface area (Å²) in [6.45, 7) is 4.41. The lowest BCUT2D eigenvalue weighted by atomic mass is 10.2. The Morgan fingerprint density at radius 1 is 1.32 bits per heavy atom. The molecule has 2 aliphatic heterocycles. The summed E-state index contributed by atoms with van der Waals surface area (Å²) in [5, 5.41) is 4.25. The van der Waals surface area contributed by atoms with Crippen molar-refractivity contribution in [1.82, 2.24) is 14.1 Å². The van der Waals surface area contributed by atoms with Crippen LogP contribution < -0.4 is 4.74 Å². The van der Waals surface area contributed by atoms with Crippen molar-refractivity contribution in [3.63, 3.8) is 0 Å². The van der Waals surface area contributed by atoms with Crippen molar-refractivity contribution < 1.29 is 17.9 Å². The molecule has 0 unspecified atom stereocenters. The third kappa shape index (κ3) is 3.05. The highest BCUT2D eigenvalue weighted by Gasteiger charge is 2.32. The van der Waals surface area contributed by atoms with Gasteiger partial charge in [-0.05, 0) is 30.7 Å². The summed E-state index contributed by atoms with van der Waals surface area (Å²) in [5.41, 5.74) is 1.86. The molecule has 2 aromatic rings. The molecule has 0 amide bonds. The number of ether oxygens (including phenoxy) is 2. The van der Waals surface area contributed by atoms with Crippen molar-refractivity contribution in [3.05, 3.63) is 41.7 Å². The van der Waals surface area contributed by atoms with Gasteiger partial charge in [-0.1, -0.05) is 0 Å². The van der Waals surface area contributed by atoms with Gasteiger partial charge in [0.1, 0.15) is 5.75 Å². The van der Waals surface area contributed by atoms with E-state index in [9.17, 15) is 8.42 Å². The molecule has 7 nitrogen and oxygen atoms in total. The van der Waals surface area contributed by atoms with Crippen molar-refractivity contribution in [2.24, 2.45) is 0 Å². The van der Waals surface area contributed by atoms with Gasteiger partial charge in [-0.2, -0.15) is 9.40 Å². The van der Waals surface area contributed by atoms with Crippen LogP contribution in [-0.2, 0) is 27.7 Å². The number of aromatic nitrogens is 2. The maximum absolute atomic E-state index is 13.0. The molecular formula is C17H21N3O4S. The lowest BCUT2D eigenvalue weighted by molar-refractivity contribution is -0.00260. The second kappa shape index (κ2) is 6.44. The van der Waals surface area contributed by atoms with Crippen LogP contribution in [0, 0.1) is 0 Å². The Morgan fingerprint density at radius 3 is 3.00 bits per heavy atom. The van der Waals surface area contributed by atoms with E-state index in [1.807, 2.05) is 17.8 Å². The lowest BCUT2D eigenvalue weighted by Gasteiger charge is -2.31. The van der Waals surface area contributed by atoms with E-state index >= 15 is 0 Å². The Labute approximate surface area is 147 Å². The third-order valence-corrected chi connectivity index (χ3v) is 6.54. The summed E-state index contributed by atoms with van der Waals surface area (Å²) in [6.07, 6.45) is 4.12. The summed E-state index contributed by atoms with van der Waals surface area (Å²) in [7, 11) is -3.55. The van der Waals surface area contributed by atoms with E-state index in [1.54, 1.807) is 24.4 Å². The van der Waals surface area contributed by atoms with Gasteiger partial charge in [0.05, 0.1) is 30.4 Å². The molecule has 3 heterocycles. The van der Waals surface area contributed by atoms with Gasteiger partial charge < -0.3 is 9.47 Å². The number of hydrogen-bond donors (Lipinski definition) is 0. The first-order valence-electron chi connectivity index (χ1n) is 8.48. The molecule has 8 heteroatoms. The van der Waals surface area contributed by atoms with Gasteiger partial charge in [-0.15, -0.1) is 0 Å². The molecule has 1 atom stereocenters. The molecule has 0 radical (unpaired) electrons. The molecule has 0 aliphatic carbocycles. The van der Waals surface area contributed by atoms with Crippen LogP contribution >= 0.6 is 0 Å². The number of rotatable bonds is 4. The van der Waals surface area contributed by atoms with Crippen LogP contribution in [0.2, 0.25) is 0 Å². The first kappa shape index (κ1) is 16.6. The molecule has 0 bridgehead atoms. The molecule has 1 fully saturated rings. The molecule has 1 saturated heterocycles. The van der Waals surface area contributed by atoms with Crippen LogP contribution in [0.3, 0.4) is 0 Å². The van der Waals surface area contributed by atoms with E-state index in [-0.39, 0.29) is 6.10 Å². The number of morpholine rings is 1. The topological polar surface area (TPSA) is 73.7 Å². The van der Waals surface area contributed by atoms with Crippen LogP contribution in [-0.4, -0.2) is 48.8 Å². The number of benzene rings is 1. The highest BCUT2D eigenvalue weighted by atomic mass is 32.2. The Balaban J connectivity index is 1.57. The zero-order valence-electron chi connectivity index (χ0n) is 14.1. The molecule has 134 valence electrons. The van der Waals surface area contributed by atoms with Gasteiger partial charge in [-0.3, -0.25) is 4.68 Å². The number of fused-ring (bicyclic) bond motifs is 1. The summed E-state index contributed by atoms with van der Waals surface area (Å²) >= 11 is 0. The van der Waals surface area contributed by atoms with Crippen LogP contribution in [0.25, 0.3) is 0 Å². The largest absolute Gasteiger partial charge is 0.493 e. The van der Waals surface area contributed by atoms with E-state index in [2.05, 4.69) is 5.10 Å². The van der Waals surface area contributed by atoms with Crippen molar-refractivity contribution in [2.45, 2.75) is 30.9 Å². The molecule has 0 N–H and O–H groups in total. The summed E-state index contributed by atoms with van der Waals surface area (Å²) < 4.78 is 40.6. The molecule has 2 aliphatic rings. The zero-order valence-corrected chi connectivity index (χ0v) is 14.9. The van der Waals surface area contributed by atoms with Gasteiger partial charge in [0, 0.05) is 37.8 Å². The standard InChI is InChI=1S/C17H21N3O4S/c1-2-19-11-14(10-18-19)17-12-20(6-8-24-17)25(21,22)15-3-4-16-13(9-15)5-7-23-16/h3-4,9-11,17H,2,5-8,12H2,1H3/t17-/m1/s1. The number of aryl methyl sites for hydroxylation is 1. The van der Waals surface area contributed by atoms with Gasteiger partial charge in [-0.25, -0.2) is 8.42 Å². The van der Waals surface area contributed by atoms with E-state index in [1.165, 1.54) is 4.31 Å². The Kier molecular flexibility index (Phi) is 4.26. The van der Waals surface area contributed by atoms with Gasteiger partial charge in [0.15, 0.2) is 0 Å². The molecule has 4 rings (SSSR count). The minimum absolute atomic E-state index is 0.290. The molecule has 0 spiro atoms. The zero-order chi connectivity index (χ0) is 17.4. The first-order valence-corrected chi connectivity index (χ1v) is 9.92. The van der Waals surface area contributed by atoms with E-state index in [0.717, 1.165) is 29.8 Å². The summed E-state index contributed by atoms with van der Waals surface area (Å²) in [4.78, 5) is 0.321. The Morgan fingerprint density at radius 2 is 2.20 bits per heavy atom. The predicted molar refractivity (Wildman–Crippen MR) is 91.0 cm³/mol. The van der Waals surface area contributed by atoms with Crippen LogP contribution in [0.1, 0.15) is 24.2 Å². The number of nitrogens with zero attached hydrogens (tertiary/aromatic N) is 3. The average molecular weight is 363 g/mol. The third-order valence-electron chi connectivity index (χ3n) is 4.68. The Bertz CT molecular complexity index is 878. The minimum atomic E-state index is -3.55. The SMILES string of the molecule is CCn1cc([C@H]2CN(S(=O)(=O)c3ccc4c(c3)CCO4)CCO2)cn1. The second-order valence-corrected chi connectivity index (χ2v) is 8.16. The number of hydrogen-bond acceptors (Lipinski definition) is 5. The van der Waals surface area contributed by atoms with E-state index in [4.69, 9.17) is 9.47 Å². The fourth-order valence-corrected chi connectivity index (χ4v) is 4.71. The highest BCUT2D eigenvalue weighted by molar-refractivity contribution is 7.89. The number of sulfonamides is 1. The fraction of sp³-hybridized carbons (Fsp3) is 0.471. The fourth-order valence-electron chi connectivity index (χ4n) is 3.24. The molecule has 1 aromatic carbocycles. The monoisotopic (exact) mass is 363 g/mol. The van der Waals surface area contributed by atoms with Crippen LogP contribution in [0.15, 0.2) is 35.5 Å². The quantitative estimate of drug-likeness (QED) is 0.825. The maximum atomic E-state index is 13.0. The molecular weight excluding hydrogens is 342 g/mol. The van der Waals surface area contributed by atoms with Gasteiger partial charge >= 0.3 is 0 Å². The van der Waals surface area contributed by atoms with E-state index < -0.39 is 10.0 Å². The van der Waals surface area contributed by atoms with Crippen molar-refractivity contribution in [2.75, 3.05) is 26.3 Å². The van der Waals surface area contributed by atoms with Crippen LogP contribution in [0.5, 0.6) is 5.75 Å². The smallest absolute Gasteiger partial charge is 0.243 e. The van der Waals surface area contributed by atoms with Crippen LogP contribution in [0.4, 0.5) is 0 Å². The van der Waals surface area contributed by atoms with Crippen molar-refractivity contribution in [3.8, 4) is 5.75 Å². The minimum Gasteiger partial charge on any atom is -0.493 e. The summed E-state index contributed by atoms with van der Waals surface area (Å²) in [5.74, 6) is 0.783. The normalized spacial score (nSPS) is 21.1. The predicted octanol–water partition coefficient (Wildman–Crippen LogP) is 1.60. The molecule has 0 saturated carbocycles. The second-order valence-electron chi connectivity index (χ2n) is 6.22. The average Bonchev–Trinajstić information content (AvgIpc) is 3.30. The summed E-state index contributed by atoms with van der Waals surface area (Å²) in [6, 6.07) is 5.11. The van der Waals surface area contributed by atoms with E-state index in [0.29, 0.717) is 31.2 Å². The molecule has 1 aromatic heterocycles. The van der Waals surface area contributed by atoms with Crippen molar-refractivity contribution >= 4 is 10.0 Å². The Hall–Kier alpha value is -1.90. The first-order chi connectivity index (χ1) is 12.1.